The summed E-state index contributed by atoms with van der Waals surface area (Å²) in [6.07, 6.45) is 0. The summed E-state index contributed by atoms with van der Waals surface area (Å²) in [5.74, 6) is 0. The molecule has 0 aliphatic heterocycles. The minimum absolute atomic E-state index is 1.00. The van der Waals surface area contributed by atoms with E-state index in [-0.39, 0.29) is 0 Å². The highest BCUT2D eigenvalue weighted by molar-refractivity contribution is 7.25. The Kier molecular flexibility index (Phi) is 5.29. The van der Waals surface area contributed by atoms with Crippen molar-refractivity contribution in [3.05, 3.63) is 158 Å². The molecular formula is C45H26N2S. The van der Waals surface area contributed by atoms with Gasteiger partial charge in [0.2, 0.25) is 0 Å². The van der Waals surface area contributed by atoms with Crippen molar-refractivity contribution in [2.24, 2.45) is 0 Å². The molecule has 0 fully saturated rings. The lowest BCUT2D eigenvalue weighted by atomic mass is 10.0. The van der Waals surface area contributed by atoms with Gasteiger partial charge in [0.25, 0.3) is 0 Å². The van der Waals surface area contributed by atoms with Crippen LogP contribution < -0.4 is 0 Å². The fourth-order valence-corrected chi connectivity index (χ4v) is 9.03. The van der Waals surface area contributed by atoms with Crippen molar-refractivity contribution >= 4 is 64.2 Å². The van der Waals surface area contributed by atoms with Crippen LogP contribution in [0.1, 0.15) is 0 Å². The van der Waals surface area contributed by atoms with Crippen molar-refractivity contribution in [3.8, 4) is 50.3 Å². The second-order valence-electron chi connectivity index (χ2n) is 12.7. The molecule has 0 N–H and O–H groups in total. The summed E-state index contributed by atoms with van der Waals surface area (Å²) in [5, 5.41) is 6.44. The molecule has 3 heterocycles. The van der Waals surface area contributed by atoms with Crippen molar-refractivity contribution in [2.75, 3.05) is 0 Å². The van der Waals surface area contributed by atoms with Gasteiger partial charge in [-0.25, -0.2) is 4.98 Å². The van der Waals surface area contributed by atoms with Gasteiger partial charge in [0.15, 0.2) is 0 Å². The number of hydrogen-bond donors (Lipinski definition) is 0. The average Bonchev–Trinajstić information content (AvgIpc) is 3.80. The quantitative estimate of drug-likeness (QED) is 0.191. The Bertz CT molecular complexity index is 2940. The Morgan fingerprint density at radius 2 is 1.06 bits per heavy atom. The summed E-state index contributed by atoms with van der Waals surface area (Å²) >= 11 is 1.86. The summed E-state index contributed by atoms with van der Waals surface area (Å²) in [6.45, 7) is 0. The van der Waals surface area contributed by atoms with E-state index in [1.165, 1.54) is 80.7 Å². The van der Waals surface area contributed by atoms with Gasteiger partial charge in [0.1, 0.15) is 0 Å². The first kappa shape index (κ1) is 26.1. The second kappa shape index (κ2) is 9.74. The first-order valence-corrected chi connectivity index (χ1v) is 17.2. The first-order valence-electron chi connectivity index (χ1n) is 16.4. The molecule has 3 heteroatoms. The van der Waals surface area contributed by atoms with E-state index in [1.807, 2.05) is 11.3 Å². The molecule has 222 valence electrons. The maximum absolute atomic E-state index is 5.15. The fraction of sp³-hybridized carbons (Fsp3) is 0. The van der Waals surface area contributed by atoms with Crippen LogP contribution in [0.2, 0.25) is 0 Å². The standard InChI is InChI=1S/C45H26N2S/c1-2-9-32-31(8-1)35-12-7-13-39-45(35)38(32)26-40(46-39)27-16-20-30(21-17-27)47-41-14-5-3-10-33(41)36-24-28(18-22-42(36)47)29-19-23-44-37(25-29)34-11-4-6-15-43(34)48-44/h1-26H. The zero-order valence-electron chi connectivity index (χ0n) is 25.8. The highest BCUT2D eigenvalue weighted by Crippen LogP contribution is 2.47. The van der Waals surface area contributed by atoms with Gasteiger partial charge in [0.05, 0.1) is 22.2 Å². The molecule has 11 rings (SSSR count). The fourth-order valence-electron chi connectivity index (χ4n) is 7.94. The van der Waals surface area contributed by atoms with Crippen LogP contribution in [-0.2, 0) is 0 Å². The van der Waals surface area contributed by atoms with Crippen molar-refractivity contribution in [1.82, 2.24) is 9.55 Å². The van der Waals surface area contributed by atoms with Crippen LogP contribution in [0.15, 0.2) is 158 Å². The van der Waals surface area contributed by atoms with Gasteiger partial charge >= 0.3 is 0 Å². The minimum atomic E-state index is 1.00. The molecule has 0 bridgehead atoms. The van der Waals surface area contributed by atoms with Gasteiger partial charge in [0, 0.05) is 47.6 Å². The summed E-state index contributed by atoms with van der Waals surface area (Å²) in [5.41, 5.74) is 14.3. The number of pyridine rings is 1. The zero-order chi connectivity index (χ0) is 31.3. The summed E-state index contributed by atoms with van der Waals surface area (Å²) in [4.78, 5) is 5.15. The normalized spacial score (nSPS) is 12.2. The average molecular weight is 627 g/mol. The number of benzene rings is 7. The number of rotatable bonds is 3. The highest BCUT2D eigenvalue weighted by Gasteiger charge is 2.22. The van der Waals surface area contributed by atoms with Crippen LogP contribution >= 0.6 is 11.3 Å². The van der Waals surface area contributed by atoms with Gasteiger partial charge in [-0.2, -0.15) is 0 Å². The van der Waals surface area contributed by atoms with Crippen LogP contribution in [-0.4, -0.2) is 9.55 Å². The molecule has 0 amide bonds. The van der Waals surface area contributed by atoms with E-state index in [4.69, 9.17) is 4.98 Å². The van der Waals surface area contributed by atoms with E-state index in [2.05, 4.69) is 162 Å². The molecule has 2 nitrogen and oxygen atoms in total. The van der Waals surface area contributed by atoms with E-state index >= 15 is 0 Å². The number of para-hydroxylation sites is 1. The molecule has 10 aromatic rings. The topological polar surface area (TPSA) is 17.8 Å². The monoisotopic (exact) mass is 626 g/mol. The maximum atomic E-state index is 5.15. The van der Waals surface area contributed by atoms with Crippen LogP contribution in [0, 0.1) is 0 Å². The molecule has 0 saturated carbocycles. The highest BCUT2D eigenvalue weighted by atomic mass is 32.1. The lowest BCUT2D eigenvalue weighted by Gasteiger charge is -2.11. The van der Waals surface area contributed by atoms with Crippen molar-refractivity contribution in [2.45, 2.75) is 0 Å². The minimum Gasteiger partial charge on any atom is -0.309 e. The van der Waals surface area contributed by atoms with E-state index in [0.29, 0.717) is 0 Å². The largest absolute Gasteiger partial charge is 0.309 e. The van der Waals surface area contributed by atoms with Crippen LogP contribution in [0.3, 0.4) is 0 Å². The molecule has 0 spiro atoms. The molecule has 0 unspecified atom stereocenters. The molecule has 1 aliphatic rings. The lowest BCUT2D eigenvalue weighted by molar-refractivity contribution is 1.18. The van der Waals surface area contributed by atoms with Gasteiger partial charge in [-0.05, 0) is 94.0 Å². The molecule has 48 heavy (non-hydrogen) atoms. The Balaban J connectivity index is 1.03. The van der Waals surface area contributed by atoms with Crippen molar-refractivity contribution in [1.29, 1.82) is 0 Å². The predicted molar refractivity (Wildman–Crippen MR) is 204 cm³/mol. The van der Waals surface area contributed by atoms with Crippen LogP contribution in [0.5, 0.6) is 0 Å². The zero-order valence-corrected chi connectivity index (χ0v) is 26.6. The summed E-state index contributed by atoms with van der Waals surface area (Å²) < 4.78 is 5.06. The van der Waals surface area contributed by atoms with E-state index in [9.17, 15) is 0 Å². The van der Waals surface area contributed by atoms with Gasteiger partial charge in [-0.15, -0.1) is 11.3 Å². The Morgan fingerprint density at radius 3 is 1.94 bits per heavy atom. The number of fused-ring (bicyclic) bond motifs is 9. The Labute approximate surface area is 280 Å². The summed E-state index contributed by atoms with van der Waals surface area (Å²) in [7, 11) is 0. The van der Waals surface area contributed by atoms with Gasteiger partial charge in [-0.3, -0.25) is 0 Å². The Morgan fingerprint density at radius 1 is 0.417 bits per heavy atom. The number of hydrogen-bond acceptors (Lipinski definition) is 2. The molecule has 0 saturated heterocycles. The Hall–Kier alpha value is -6.03. The third kappa shape index (κ3) is 3.65. The van der Waals surface area contributed by atoms with Crippen LogP contribution in [0.25, 0.3) is 103 Å². The van der Waals surface area contributed by atoms with E-state index in [1.54, 1.807) is 0 Å². The number of aromatic nitrogens is 2. The van der Waals surface area contributed by atoms with Crippen LogP contribution in [0.4, 0.5) is 0 Å². The molecule has 3 aromatic heterocycles. The number of thiophene rings is 1. The SMILES string of the molecule is c1ccc2c(c1)-c1cccc3nc(-c4ccc(-n5c6ccccc6c6cc(-c7ccc8sc9ccccc9c8c7)ccc65)cc4)cc-2c13. The maximum Gasteiger partial charge on any atom is 0.0722 e. The van der Waals surface area contributed by atoms with E-state index < -0.39 is 0 Å². The second-order valence-corrected chi connectivity index (χ2v) is 13.8. The number of nitrogens with zero attached hydrogens (tertiary/aromatic N) is 2. The first-order chi connectivity index (χ1) is 23.8. The summed E-state index contributed by atoms with van der Waals surface area (Å²) in [6, 6.07) is 57.7. The van der Waals surface area contributed by atoms with E-state index in [0.717, 1.165) is 22.5 Å². The predicted octanol–water partition coefficient (Wildman–Crippen LogP) is 12.7. The molecule has 1 aliphatic carbocycles. The lowest BCUT2D eigenvalue weighted by Crippen LogP contribution is -1.94. The van der Waals surface area contributed by atoms with Crippen molar-refractivity contribution in [3.63, 3.8) is 0 Å². The smallest absolute Gasteiger partial charge is 0.0722 e. The molecule has 0 radical (unpaired) electrons. The molecular weight excluding hydrogens is 601 g/mol. The van der Waals surface area contributed by atoms with Gasteiger partial charge < -0.3 is 4.57 Å². The van der Waals surface area contributed by atoms with Gasteiger partial charge in [-0.1, -0.05) is 97.1 Å². The third-order valence-corrected chi connectivity index (χ3v) is 11.3. The third-order valence-electron chi connectivity index (χ3n) is 10.1. The molecule has 0 atom stereocenters. The van der Waals surface area contributed by atoms with Crippen molar-refractivity contribution < 1.29 is 0 Å². The molecule has 7 aromatic carbocycles.